The lowest BCUT2D eigenvalue weighted by molar-refractivity contribution is -0.384. The molecule has 3 aromatic rings. The van der Waals surface area contributed by atoms with Gasteiger partial charge in [-0.2, -0.15) is 0 Å². The molecule has 2 aromatic carbocycles. The summed E-state index contributed by atoms with van der Waals surface area (Å²) in [6.45, 7) is -0.248. The fourth-order valence-corrected chi connectivity index (χ4v) is 4.52. The molecule has 182 valence electrons. The zero-order valence-corrected chi connectivity index (χ0v) is 19.2. The van der Waals surface area contributed by atoms with Crippen molar-refractivity contribution in [3.63, 3.8) is 0 Å². The minimum atomic E-state index is -0.702. The monoisotopic (exact) mass is 477 g/mol. The third-order valence-electron chi connectivity index (χ3n) is 6.23. The van der Waals surface area contributed by atoms with Crippen LogP contribution in [0.2, 0.25) is 0 Å². The van der Waals surface area contributed by atoms with Crippen molar-refractivity contribution < 1.29 is 33.6 Å². The molecule has 35 heavy (non-hydrogen) atoms. The highest BCUT2D eigenvalue weighted by atomic mass is 16.8. The fourth-order valence-electron chi connectivity index (χ4n) is 4.52. The second-order valence-electron chi connectivity index (χ2n) is 8.43. The third kappa shape index (κ3) is 4.98. The Morgan fingerprint density at radius 1 is 0.829 bits per heavy atom. The number of methoxy groups -OCH3 is 1. The number of aromatic nitrogens is 1. The van der Waals surface area contributed by atoms with Gasteiger partial charge >= 0.3 is 5.97 Å². The second kappa shape index (κ2) is 10.6. The standard InChI is InChI=1S/C27H27NO7/c1-31-25(30)22-19(13-8-14-28-22)15-20-23-24(35-26(32-20)17-9-4-2-5-10-17)21(16-29)33-27(34-23)18-11-6-3-7-12-18/h2-14,20-21,23-24,26-27,29H,15-16H2,1H3. The molecule has 8 nitrogen and oxygen atoms in total. The fraction of sp³-hybridized carbons (Fsp3) is 0.333. The first-order chi connectivity index (χ1) is 17.2. The molecule has 0 spiro atoms. The second-order valence-corrected chi connectivity index (χ2v) is 8.43. The Kier molecular flexibility index (Phi) is 7.17. The van der Waals surface area contributed by atoms with E-state index in [4.69, 9.17) is 23.7 Å². The van der Waals surface area contributed by atoms with E-state index < -0.39 is 43.0 Å². The highest BCUT2D eigenvalue weighted by Crippen LogP contribution is 2.41. The number of aliphatic hydroxyl groups is 1. The van der Waals surface area contributed by atoms with Gasteiger partial charge in [-0.25, -0.2) is 9.78 Å². The molecular formula is C27H27NO7. The topological polar surface area (TPSA) is 96.3 Å². The Morgan fingerprint density at radius 3 is 1.97 bits per heavy atom. The average Bonchev–Trinajstić information content (AvgIpc) is 2.93. The van der Waals surface area contributed by atoms with Gasteiger partial charge in [0.15, 0.2) is 18.3 Å². The zero-order valence-electron chi connectivity index (χ0n) is 19.2. The van der Waals surface area contributed by atoms with Crippen LogP contribution in [0.3, 0.4) is 0 Å². The predicted octanol–water partition coefficient (Wildman–Crippen LogP) is 3.37. The lowest BCUT2D eigenvalue weighted by atomic mass is 9.93. The van der Waals surface area contributed by atoms with E-state index in [0.717, 1.165) is 11.1 Å². The smallest absolute Gasteiger partial charge is 0.356 e. The van der Waals surface area contributed by atoms with Crippen LogP contribution in [0.5, 0.6) is 0 Å². The van der Waals surface area contributed by atoms with E-state index in [-0.39, 0.29) is 12.3 Å². The van der Waals surface area contributed by atoms with E-state index in [0.29, 0.717) is 12.0 Å². The molecule has 1 N–H and O–H groups in total. The van der Waals surface area contributed by atoms with Crippen molar-refractivity contribution in [1.82, 2.24) is 4.98 Å². The zero-order chi connectivity index (χ0) is 24.2. The van der Waals surface area contributed by atoms with Gasteiger partial charge in [0.2, 0.25) is 0 Å². The van der Waals surface area contributed by atoms with E-state index in [1.807, 2.05) is 66.7 Å². The number of fused-ring (bicyclic) bond motifs is 1. The molecule has 2 aliphatic heterocycles. The molecular weight excluding hydrogens is 450 g/mol. The van der Waals surface area contributed by atoms with Crippen molar-refractivity contribution in [2.45, 2.75) is 43.4 Å². The highest BCUT2D eigenvalue weighted by Gasteiger charge is 2.50. The summed E-state index contributed by atoms with van der Waals surface area (Å²) in [6, 6.07) is 22.7. The summed E-state index contributed by atoms with van der Waals surface area (Å²) in [5.74, 6) is -0.521. The van der Waals surface area contributed by atoms with Gasteiger partial charge in [0.25, 0.3) is 0 Å². The first-order valence-electron chi connectivity index (χ1n) is 11.5. The van der Waals surface area contributed by atoms with Crippen LogP contribution in [0.4, 0.5) is 0 Å². The van der Waals surface area contributed by atoms with Crippen molar-refractivity contribution in [3.8, 4) is 0 Å². The first kappa shape index (κ1) is 23.6. The number of benzene rings is 2. The van der Waals surface area contributed by atoms with Crippen molar-refractivity contribution in [1.29, 1.82) is 0 Å². The first-order valence-corrected chi connectivity index (χ1v) is 11.5. The summed E-state index contributed by atoms with van der Waals surface area (Å²) < 4.78 is 30.1. The van der Waals surface area contributed by atoms with Gasteiger partial charge in [0.1, 0.15) is 18.3 Å². The van der Waals surface area contributed by atoms with Crippen molar-refractivity contribution >= 4 is 5.97 Å². The van der Waals surface area contributed by atoms with Crippen LogP contribution in [-0.2, 0) is 30.1 Å². The maximum absolute atomic E-state index is 12.3. The Balaban J connectivity index is 1.50. The predicted molar refractivity (Wildman–Crippen MR) is 124 cm³/mol. The number of carbonyl (C=O) groups excluding carboxylic acids is 1. The Labute approximate surface area is 203 Å². The molecule has 0 aliphatic carbocycles. The van der Waals surface area contributed by atoms with Gasteiger partial charge in [-0.15, -0.1) is 0 Å². The largest absolute Gasteiger partial charge is 0.464 e. The van der Waals surface area contributed by atoms with Gasteiger partial charge in [-0.1, -0.05) is 66.7 Å². The highest BCUT2D eigenvalue weighted by molar-refractivity contribution is 5.88. The molecule has 2 fully saturated rings. The number of ether oxygens (including phenoxy) is 5. The van der Waals surface area contributed by atoms with E-state index in [1.54, 1.807) is 12.3 Å². The number of hydrogen-bond donors (Lipinski definition) is 1. The summed E-state index contributed by atoms with van der Waals surface area (Å²) in [4.78, 5) is 16.6. The van der Waals surface area contributed by atoms with Crippen molar-refractivity contribution in [2.75, 3.05) is 13.7 Å². The lowest BCUT2D eigenvalue weighted by Gasteiger charge is -2.49. The van der Waals surface area contributed by atoms with Crippen LogP contribution >= 0.6 is 0 Å². The van der Waals surface area contributed by atoms with Crippen LogP contribution in [0.1, 0.15) is 39.8 Å². The van der Waals surface area contributed by atoms with Crippen LogP contribution < -0.4 is 0 Å². The van der Waals surface area contributed by atoms with Crippen LogP contribution in [0.25, 0.3) is 0 Å². The molecule has 0 bridgehead atoms. The molecule has 0 amide bonds. The molecule has 8 heteroatoms. The molecule has 3 heterocycles. The number of carbonyl (C=O) groups is 1. The molecule has 6 atom stereocenters. The summed E-state index contributed by atoms with van der Waals surface area (Å²) in [5, 5.41) is 10.2. The van der Waals surface area contributed by atoms with E-state index in [9.17, 15) is 9.90 Å². The van der Waals surface area contributed by atoms with Crippen LogP contribution in [-0.4, -0.2) is 54.2 Å². The summed E-state index contributed by atoms with van der Waals surface area (Å²) >= 11 is 0. The molecule has 5 rings (SSSR count). The van der Waals surface area contributed by atoms with Gasteiger partial charge in [0.05, 0.1) is 19.8 Å². The Morgan fingerprint density at radius 2 is 1.40 bits per heavy atom. The van der Waals surface area contributed by atoms with Crippen LogP contribution in [0.15, 0.2) is 79.0 Å². The molecule has 0 radical (unpaired) electrons. The van der Waals surface area contributed by atoms with Gasteiger partial charge in [-0.05, 0) is 11.6 Å². The number of pyridine rings is 1. The number of aliphatic hydroxyl groups excluding tert-OH is 1. The quantitative estimate of drug-likeness (QED) is 0.540. The minimum absolute atomic E-state index is 0.225. The molecule has 1 aromatic heterocycles. The number of nitrogens with zero attached hydrogens (tertiary/aromatic N) is 1. The average molecular weight is 478 g/mol. The summed E-state index contributed by atoms with van der Waals surface area (Å²) in [5.41, 5.74) is 2.55. The number of rotatable bonds is 6. The Bertz CT molecular complexity index is 1130. The minimum Gasteiger partial charge on any atom is -0.464 e. The normalized spacial score (nSPS) is 28.2. The van der Waals surface area contributed by atoms with E-state index in [1.165, 1.54) is 7.11 Å². The number of hydrogen-bond acceptors (Lipinski definition) is 8. The van der Waals surface area contributed by atoms with Crippen molar-refractivity contribution in [3.05, 3.63) is 101 Å². The van der Waals surface area contributed by atoms with Gasteiger partial charge in [0, 0.05) is 23.7 Å². The van der Waals surface area contributed by atoms with E-state index in [2.05, 4.69) is 4.98 Å². The maximum Gasteiger partial charge on any atom is 0.356 e. The Hall–Kier alpha value is -3.14. The maximum atomic E-state index is 12.3. The van der Waals surface area contributed by atoms with Crippen molar-refractivity contribution in [2.24, 2.45) is 0 Å². The SMILES string of the molecule is COC(=O)c1ncccc1CC1OC(c2ccccc2)OC2C(CO)OC(c3ccccc3)OC12. The van der Waals surface area contributed by atoms with Crippen LogP contribution in [0, 0.1) is 0 Å². The third-order valence-corrected chi connectivity index (χ3v) is 6.23. The molecule has 2 saturated heterocycles. The van der Waals surface area contributed by atoms with Gasteiger partial charge < -0.3 is 28.8 Å². The summed E-state index contributed by atoms with van der Waals surface area (Å²) in [7, 11) is 1.32. The lowest BCUT2D eigenvalue weighted by Crippen LogP contribution is -2.59. The van der Waals surface area contributed by atoms with E-state index >= 15 is 0 Å². The summed E-state index contributed by atoms with van der Waals surface area (Å²) in [6.07, 6.45) is -1.85. The van der Waals surface area contributed by atoms with Gasteiger partial charge in [-0.3, -0.25) is 0 Å². The number of esters is 1. The molecule has 0 saturated carbocycles. The molecule has 2 aliphatic rings. The molecule has 6 unspecified atom stereocenters.